The fraction of sp³-hybridized carbons (Fsp3) is 0.706. The summed E-state index contributed by atoms with van der Waals surface area (Å²) < 4.78 is 5.48. The Morgan fingerprint density at radius 2 is 2.24 bits per heavy atom. The van der Waals surface area contributed by atoms with Crippen molar-refractivity contribution >= 4 is 5.91 Å². The molecule has 4 nitrogen and oxygen atoms in total. The third kappa shape index (κ3) is 3.15. The number of carbonyl (C=O) groups is 1. The Morgan fingerprint density at radius 3 is 2.86 bits per heavy atom. The van der Waals surface area contributed by atoms with Crippen LogP contribution in [0.5, 0.6) is 0 Å². The van der Waals surface area contributed by atoms with Gasteiger partial charge in [-0.1, -0.05) is 12.8 Å². The van der Waals surface area contributed by atoms with Gasteiger partial charge in [-0.15, -0.1) is 0 Å². The van der Waals surface area contributed by atoms with Crippen LogP contribution in [0.15, 0.2) is 22.8 Å². The lowest BCUT2D eigenvalue weighted by atomic mass is 9.81. The largest absolute Gasteiger partial charge is 0.467 e. The number of nitrogens with zero attached hydrogens (tertiary/aromatic N) is 1. The maximum atomic E-state index is 13.2. The second-order valence-electron chi connectivity index (χ2n) is 6.79. The summed E-state index contributed by atoms with van der Waals surface area (Å²) in [6.07, 6.45) is 8.51. The highest BCUT2D eigenvalue weighted by Gasteiger charge is 2.40. The highest BCUT2D eigenvalue weighted by atomic mass is 16.3. The molecule has 0 aromatic carbocycles. The molecule has 1 aromatic rings. The minimum atomic E-state index is -0.257. The van der Waals surface area contributed by atoms with Crippen LogP contribution >= 0.6 is 0 Å². The molecule has 1 amide bonds. The number of hydrogen-bond donors (Lipinski definition) is 1. The number of rotatable bonds is 4. The highest BCUT2D eigenvalue weighted by molar-refractivity contribution is 5.83. The number of furan rings is 1. The highest BCUT2D eigenvalue weighted by Crippen LogP contribution is 2.33. The number of hydrogen-bond acceptors (Lipinski definition) is 3. The summed E-state index contributed by atoms with van der Waals surface area (Å²) in [5.41, 5.74) is -0.257. The summed E-state index contributed by atoms with van der Waals surface area (Å²) in [6, 6.07) is 4.26. The van der Waals surface area contributed by atoms with Crippen LogP contribution in [-0.4, -0.2) is 29.9 Å². The smallest absolute Gasteiger partial charge is 0.230 e. The SMILES string of the molecule is CC1(C(=O)N(Cc2ccco2)C2CCCC2)CCCNC1. The van der Waals surface area contributed by atoms with Gasteiger partial charge in [-0.25, -0.2) is 0 Å². The Kier molecular flexibility index (Phi) is 4.34. The molecule has 1 saturated carbocycles. The van der Waals surface area contributed by atoms with E-state index in [4.69, 9.17) is 4.42 Å². The summed E-state index contributed by atoms with van der Waals surface area (Å²) in [5, 5.41) is 3.39. The van der Waals surface area contributed by atoms with Crippen molar-refractivity contribution in [3.63, 3.8) is 0 Å². The zero-order valence-corrected chi connectivity index (χ0v) is 12.9. The lowest BCUT2D eigenvalue weighted by Gasteiger charge is -2.39. The van der Waals surface area contributed by atoms with Crippen LogP contribution in [-0.2, 0) is 11.3 Å². The third-order valence-corrected chi connectivity index (χ3v) is 5.05. The van der Waals surface area contributed by atoms with E-state index in [1.54, 1.807) is 6.26 Å². The Morgan fingerprint density at radius 1 is 1.43 bits per heavy atom. The molecule has 0 radical (unpaired) electrons. The molecule has 0 spiro atoms. The zero-order chi connectivity index (χ0) is 14.7. The van der Waals surface area contributed by atoms with Crippen LogP contribution in [0, 0.1) is 5.41 Å². The van der Waals surface area contributed by atoms with Crippen molar-refractivity contribution in [3.05, 3.63) is 24.2 Å². The summed E-state index contributed by atoms with van der Waals surface area (Å²) in [4.78, 5) is 15.3. The van der Waals surface area contributed by atoms with E-state index >= 15 is 0 Å². The lowest BCUT2D eigenvalue weighted by Crippen LogP contribution is -2.52. The first kappa shape index (κ1) is 14.6. The maximum absolute atomic E-state index is 13.2. The average Bonchev–Trinajstić information content (AvgIpc) is 3.18. The van der Waals surface area contributed by atoms with E-state index in [-0.39, 0.29) is 5.41 Å². The van der Waals surface area contributed by atoms with Crippen molar-refractivity contribution in [2.45, 2.75) is 58.0 Å². The van der Waals surface area contributed by atoms with Gasteiger partial charge in [-0.05, 0) is 51.3 Å². The Balaban J connectivity index is 1.78. The third-order valence-electron chi connectivity index (χ3n) is 5.05. The maximum Gasteiger partial charge on any atom is 0.230 e. The van der Waals surface area contributed by atoms with Gasteiger partial charge in [0.25, 0.3) is 0 Å². The number of nitrogens with one attached hydrogen (secondary N) is 1. The van der Waals surface area contributed by atoms with Crippen molar-refractivity contribution in [1.82, 2.24) is 10.2 Å². The van der Waals surface area contributed by atoms with Crippen LogP contribution in [0.4, 0.5) is 0 Å². The number of piperidine rings is 1. The number of amides is 1. The predicted molar refractivity (Wildman–Crippen MR) is 81.7 cm³/mol. The molecule has 116 valence electrons. The second kappa shape index (κ2) is 6.22. The van der Waals surface area contributed by atoms with Crippen LogP contribution < -0.4 is 5.32 Å². The topological polar surface area (TPSA) is 45.5 Å². The minimum absolute atomic E-state index is 0.257. The molecule has 21 heavy (non-hydrogen) atoms. The zero-order valence-electron chi connectivity index (χ0n) is 12.9. The molecule has 4 heteroatoms. The quantitative estimate of drug-likeness (QED) is 0.927. The molecular formula is C17H26N2O2. The summed E-state index contributed by atoms with van der Waals surface area (Å²) in [7, 11) is 0. The van der Waals surface area contributed by atoms with Crippen LogP contribution in [0.3, 0.4) is 0 Å². The molecular weight excluding hydrogens is 264 g/mol. The molecule has 1 aliphatic carbocycles. The van der Waals surface area contributed by atoms with Gasteiger partial charge in [-0.3, -0.25) is 4.79 Å². The molecule has 2 fully saturated rings. The number of carbonyl (C=O) groups excluding carboxylic acids is 1. The fourth-order valence-electron chi connectivity index (χ4n) is 3.74. The van der Waals surface area contributed by atoms with Crippen LogP contribution in [0.1, 0.15) is 51.2 Å². The first-order chi connectivity index (χ1) is 10.2. The van der Waals surface area contributed by atoms with Gasteiger partial charge >= 0.3 is 0 Å². The Hall–Kier alpha value is -1.29. The van der Waals surface area contributed by atoms with E-state index in [1.807, 2.05) is 12.1 Å². The van der Waals surface area contributed by atoms with Gasteiger partial charge in [0.2, 0.25) is 5.91 Å². The standard InChI is InChI=1S/C17H26N2O2/c1-17(9-5-10-18-13-17)16(20)19(14-6-2-3-7-14)12-15-8-4-11-21-15/h4,8,11,14,18H,2-3,5-7,9-10,12-13H2,1H3. The van der Waals surface area contributed by atoms with Gasteiger partial charge in [0.15, 0.2) is 0 Å². The molecule has 2 heterocycles. The monoisotopic (exact) mass is 290 g/mol. The predicted octanol–water partition coefficient (Wildman–Crippen LogP) is 2.94. The molecule has 1 unspecified atom stereocenters. The van der Waals surface area contributed by atoms with E-state index in [0.717, 1.165) is 44.5 Å². The van der Waals surface area contributed by atoms with Gasteiger partial charge in [-0.2, -0.15) is 0 Å². The van der Waals surface area contributed by atoms with Crippen molar-refractivity contribution in [1.29, 1.82) is 0 Å². The van der Waals surface area contributed by atoms with Crippen molar-refractivity contribution < 1.29 is 9.21 Å². The molecule has 1 atom stereocenters. The molecule has 3 rings (SSSR count). The minimum Gasteiger partial charge on any atom is -0.467 e. The Labute approximate surface area is 126 Å². The van der Waals surface area contributed by atoms with E-state index in [1.165, 1.54) is 12.8 Å². The molecule has 1 aromatic heterocycles. The van der Waals surface area contributed by atoms with Gasteiger partial charge in [0, 0.05) is 12.6 Å². The van der Waals surface area contributed by atoms with E-state index in [2.05, 4.69) is 17.1 Å². The van der Waals surface area contributed by atoms with Gasteiger partial charge in [0.1, 0.15) is 5.76 Å². The second-order valence-corrected chi connectivity index (χ2v) is 6.79. The van der Waals surface area contributed by atoms with Crippen molar-refractivity contribution in [2.75, 3.05) is 13.1 Å². The van der Waals surface area contributed by atoms with Gasteiger partial charge in [0.05, 0.1) is 18.2 Å². The van der Waals surface area contributed by atoms with Crippen molar-refractivity contribution in [3.8, 4) is 0 Å². The average molecular weight is 290 g/mol. The van der Waals surface area contributed by atoms with E-state index in [9.17, 15) is 4.79 Å². The lowest BCUT2D eigenvalue weighted by molar-refractivity contribution is -0.145. The van der Waals surface area contributed by atoms with Crippen LogP contribution in [0.25, 0.3) is 0 Å². The summed E-state index contributed by atoms with van der Waals surface area (Å²) >= 11 is 0. The van der Waals surface area contributed by atoms with Gasteiger partial charge < -0.3 is 14.6 Å². The van der Waals surface area contributed by atoms with E-state index in [0.29, 0.717) is 18.5 Å². The summed E-state index contributed by atoms with van der Waals surface area (Å²) in [6.45, 7) is 4.56. The Bertz CT molecular complexity index is 457. The molecule has 1 aliphatic heterocycles. The molecule has 1 saturated heterocycles. The van der Waals surface area contributed by atoms with E-state index < -0.39 is 0 Å². The van der Waals surface area contributed by atoms with Crippen molar-refractivity contribution in [2.24, 2.45) is 5.41 Å². The first-order valence-corrected chi connectivity index (χ1v) is 8.23. The molecule has 2 aliphatic rings. The first-order valence-electron chi connectivity index (χ1n) is 8.23. The fourth-order valence-corrected chi connectivity index (χ4v) is 3.74. The van der Waals surface area contributed by atoms with Crippen LogP contribution in [0.2, 0.25) is 0 Å². The normalized spacial score (nSPS) is 26.9. The molecule has 0 bridgehead atoms. The summed E-state index contributed by atoms with van der Waals surface area (Å²) in [5.74, 6) is 1.20. The molecule has 1 N–H and O–H groups in total.